The van der Waals surface area contributed by atoms with Gasteiger partial charge in [-0.25, -0.2) is 22.7 Å². The Labute approximate surface area is 89.3 Å². The second-order valence-electron chi connectivity index (χ2n) is 2.62. The number of benzene rings is 1. The minimum Gasteiger partial charge on any atom is -0.478 e. The Hall–Kier alpha value is -1.18. The van der Waals surface area contributed by atoms with E-state index in [0.717, 1.165) is 12.1 Å². The van der Waals surface area contributed by atoms with Crippen LogP contribution in [0.25, 0.3) is 0 Å². The van der Waals surface area contributed by atoms with E-state index in [-0.39, 0.29) is 5.02 Å². The fourth-order valence-corrected chi connectivity index (χ4v) is 1.86. The molecule has 0 aliphatic carbocycles. The summed E-state index contributed by atoms with van der Waals surface area (Å²) >= 11 is 5.42. The summed E-state index contributed by atoms with van der Waals surface area (Å²) in [5, 5.41) is 13.0. The third-order valence-corrected chi connectivity index (χ3v) is 2.67. The minimum absolute atomic E-state index is 0.224. The third-order valence-electron chi connectivity index (χ3n) is 1.54. The summed E-state index contributed by atoms with van der Waals surface area (Å²) in [7, 11) is -4.33. The first-order valence-corrected chi connectivity index (χ1v) is 5.41. The fraction of sp³-hybridized carbons (Fsp3) is 0. The fourth-order valence-electron chi connectivity index (χ4n) is 0.927. The van der Waals surface area contributed by atoms with E-state index >= 15 is 0 Å². The number of carboxylic acid groups (broad SMARTS) is 1. The maximum atomic E-state index is 13.3. The molecular formula is C7H5ClFNO4S. The Morgan fingerprint density at radius 2 is 2.00 bits per heavy atom. The smallest absolute Gasteiger partial charge is 0.338 e. The first-order chi connectivity index (χ1) is 6.73. The predicted molar refractivity (Wildman–Crippen MR) is 49.7 cm³/mol. The summed E-state index contributed by atoms with van der Waals surface area (Å²) in [4.78, 5) is 9.58. The van der Waals surface area contributed by atoms with Crippen molar-refractivity contribution in [3.63, 3.8) is 0 Å². The van der Waals surface area contributed by atoms with Gasteiger partial charge in [-0.1, -0.05) is 11.6 Å². The van der Waals surface area contributed by atoms with Crippen molar-refractivity contribution in [2.45, 2.75) is 4.90 Å². The van der Waals surface area contributed by atoms with E-state index < -0.39 is 32.3 Å². The minimum atomic E-state index is -4.33. The molecule has 0 spiro atoms. The van der Waals surface area contributed by atoms with Crippen LogP contribution >= 0.6 is 11.6 Å². The first kappa shape index (κ1) is 11.9. The number of sulfonamides is 1. The van der Waals surface area contributed by atoms with Gasteiger partial charge in [0.1, 0.15) is 4.90 Å². The second-order valence-corrected chi connectivity index (χ2v) is 4.58. The average Bonchev–Trinajstić information content (AvgIpc) is 2.06. The molecule has 82 valence electrons. The Morgan fingerprint density at radius 3 is 2.40 bits per heavy atom. The van der Waals surface area contributed by atoms with Crippen LogP contribution in [-0.2, 0) is 10.0 Å². The summed E-state index contributed by atoms with van der Waals surface area (Å²) in [5.74, 6) is -3.05. The number of carbonyl (C=O) groups is 1. The zero-order valence-electron chi connectivity index (χ0n) is 7.07. The van der Waals surface area contributed by atoms with Gasteiger partial charge in [-0.3, -0.25) is 0 Å². The lowest BCUT2D eigenvalue weighted by atomic mass is 10.2. The van der Waals surface area contributed by atoms with Crippen LogP contribution in [0.2, 0.25) is 5.02 Å². The van der Waals surface area contributed by atoms with Crippen molar-refractivity contribution in [2.75, 3.05) is 0 Å². The summed E-state index contributed by atoms with van der Waals surface area (Å²) in [5.41, 5.74) is -0.841. The number of aromatic carboxylic acids is 1. The largest absolute Gasteiger partial charge is 0.478 e. The van der Waals surface area contributed by atoms with Crippen molar-refractivity contribution in [3.05, 3.63) is 28.5 Å². The van der Waals surface area contributed by atoms with Crippen molar-refractivity contribution < 1.29 is 22.7 Å². The zero-order valence-corrected chi connectivity index (χ0v) is 8.64. The highest BCUT2D eigenvalue weighted by molar-refractivity contribution is 7.89. The Kier molecular flexibility index (Phi) is 2.98. The summed E-state index contributed by atoms with van der Waals surface area (Å²) < 4.78 is 35.0. The van der Waals surface area contributed by atoms with Gasteiger partial charge in [0.2, 0.25) is 10.0 Å². The molecule has 0 heterocycles. The van der Waals surface area contributed by atoms with E-state index in [1.807, 2.05) is 0 Å². The van der Waals surface area contributed by atoms with Gasteiger partial charge in [0.25, 0.3) is 0 Å². The number of halogens is 2. The molecule has 1 aromatic carbocycles. The summed E-state index contributed by atoms with van der Waals surface area (Å²) in [6.45, 7) is 0. The van der Waals surface area contributed by atoms with Crippen LogP contribution in [0.15, 0.2) is 17.0 Å². The predicted octanol–water partition coefficient (Wildman–Crippen LogP) is 0.825. The number of hydrogen-bond acceptors (Lipinski definition) is 3. The maximum absolute atomic E-state index is 13.3. The van der Waals surface area contributed by atoms with Crippen molar-refractivity contribution in [1.29, 1.82) is 0 Å². The summed E-state index contributed by atoms with van der Waals surface area (Å²) in [6, 6.07) is 1.55. The molecule has 0 aliphatic heterocycles. The van der Waals surface area contributed by atoms with Crippen LogP contribution < -0.4 is 5.14 Å². The van der Waals surface area contributed by atoms with E-state index in [0.29, 0.717) is 0 Å². The van der Waals surface area contributed by atoms with Gasteiger partial charge in [-0.15, -0.1) is 0 Å². The van der Waals surface area contributed by atoms with Crippen LogP contribution in [0.3, 0.4) is 0 Å². The molecule has 0 aliphatic rings. The molecule has 0 bridgehead atoms. The zero-order chi connectivity index (χ0) is 11.8. The highest BCUT2D eigenvalue weighted by Crippen LogP contribution is 2.22. The molecule has 0 radical (unpaired) electrons. The lowest BCUT2D eigenvalue weighted by Crippen LogP contribution is -2.16. The van der Waals surface area contributed by atoms with Crippen LogP contribution in [0.4, 0.5) is 4.39 Å². The van der Waals surface area contributed by atoms with Crippen LogP contribution in [0.1, 0.15) is 10.4 Å². The summed E-state index contributed by atoms with van der Waals surface area (Å²) in [6.07, 6.45) is 0. The molecule has 0 aromatic heterocycles. The van der Waals surface area contributed by atoms with E-state index in [2.05, 4.69) is 5.14 Å². The van der Waals surface area contributed by atoms with E-state index in [4.69, 9.17) is 16.7 Å². The Balaban J connectivity index is 3.63. The monoisotopic (exact) mass is 253 g/mol. The molecule has 15 heavy (non-hydrogen) atoms. The Bertz CT molecular complexity index is 528. The Morgan fingerprint density at radius 1 is 1.47 bits per heavy atom. The van der Waals surface area contributed by atoms with Gasteiger partial charge in [0, 0.05) is 5.02 Å². The van der Waals surface area contributed by atoms with Crippen LogP contribution in [0, 0.1) is 5.82 Å². The van der Waals surface area contributed by atoms with Crippen molar-refractivity contribution >= 4 is 27.6 Å². The van der Waals surface area contributed by atoms with Gasteiger partial charge in [-0.05, 0) is 12.1 Å². The molecule has 3 N–H and O–H groups in total. The molecule has 8 heteroatoms. The SMILES string of the molecule is NS(=O)(=O)c1cc(Cl)cc(C(=O)O)c1F. The van der Waals surface area contributed by atoms with Crippen LogP contribution in [0.5, 0.6) is 0 Å². The van der Waals surface area contributed by atoms with E-state index in [9.17, 15) is 17.6 Å². The van der Waals surface area contributed by atoms with Crippen molar-refractivity contribution in [3.8, 4) is 0 Å². The molecule has 0 unspecified atom stereocenters. The van der Waals surface area contributed by atoms with Crippen LogP contribution in [-0.4, -0.2) is 19.5 Å². The van der Waals surface area contributed by atoms with E-state index in [1.54, 1.807) is 0 Å². The molecule has 0 fully saturated rings. The van der Waals surface area contributed by atoms with Gasteiger partial charge in [0.05, 0.1) is 5.56 Å². The quantitative estimate of drug-likeness (QED) is 0.815. The molecule has 0 atom stereocenters. The molecule has 0 saturated heterocycles. The van der Waals surface area contributed by atoms with E-state index in [1.165, 1.54) is 0 Å². The maximum Gasteiger partial charge on any atom is 0.338 e. The number of rotatable bonds is 2. The molecule has 0 amide bonds. The highest BCUT2D eigenvalue weighted by Gasteiger charge is 2.22. The van der Waals surface area contributed by atoms with Gasteiger partial charge >= 0.3 is 5.97 Å². The van der Waals surface area contributed by atoms with Gasteiger partial charge < -0.3 is 5.11 Å². The highest BCUT2D eigenvalue weighted by atomic mass is 35.5. The standard InChI is InChI=1S/C7H5ClFNO4S/c8-3-1-4(7(11)12)6(9)5(2-3)15(10,13)14/h1-2H,(H,11,12)(H2,10,13,14). The van der Waals surface area contributed by atoms with Gasteiger partial charge in [0.15, 0.2) is 5.82 Å². The molecule has 1 rings (SSSR count). The topological polar surface area (TPSA) is 97.5 Å². The first-order valence-electron chi connectivity index (χ1n) is 3.48. The third kappa shape index (κ3) is 2.44. The second kappa shape index (κ2) is 3.76. The number of carboxylic acids is 1. The normalized spacial score (nSPS) is 11.4. The molecular weight excluding hydrogens is 249 g/mol. The van der Waals surface area contributed by atoms with Gasteiger partial charge in [-0.2, -0.15) is 0 Å². The molecule has 1 aromatic rings. The molecule has 0 saturated carbocycles. The number of nitrogens with two attached hydrogens (primary N) is 1. The lowest BCUT2D eigenvalue weighted by molar-refractivity contribution is 0.0691. The number of hydrogen-bond donors (Lipinski definition) is 2. The van der Waals surface area contributed by atoms with Crippen molar-refractivity contribution in [1.82, 2.24) is 0 Å². The lowest BCUT2D eigenvalue weighted by Gasteiger charge is -2.04. The van der Waals surface area contributed by atoms with Crippen molar-refractivity contribution in [2.24, 2.45) is 5.14 Å². The average molecular weight is 254 g/mol. The molecule has 5 nitrogen and oxygen atoms in total. The number of primary sulfonamides is 1.